The van der Waals surface area contributed by atoms with Crippen LogP contribution in [0.1, 0.15) is 30.9 Å². The summed E-state index contributed by atoms with van der Waals surface area (Å²) in [5, 5.41) is 24.2. The number of hydrogen-bond acceptors (Lipinski definition) is 4. The van der Waals surface area contributed by atoms with E-state index in [1.54, 1.807) is 12.1 Å². The van der Waals surface area contributed by atoms with E-state index in [2.05, 4.69) is 10.2 Å². The Morgan fingerprint density at radius 1 is 1.09 bits per heavy atom. The van der Waals surface area contributed by atoms with Gasteiger partial charge in [0, 0.05) is 28.8 Å². The minimum absolute atomic E-state index is 0.207. The molecule has 2 amide bonds. The van der Waals surface area contributed by atoms with E-state index < -0.39 is 18.5 Å². The first-order valence-electron chi connectivity index (χ1n) is 11.2. The quantitative estimate of drug-likeness (QED) is 0.530. The zero-order valence-electron chi connectivity index (χ0n) is 18.0. The first-order valence-corrected chi connectivity index (χ1v) is 11.5. The third-order valence-electron chi connectivity index (χ3n) is 6.60. The van der Waals surface area contributed by atoms with Crippen LogP contribution in [0.5, 0.6) is 0 Å². The molecule has 5 rings (SSSR count). The van der Waals surface area contributed by atoms with Gasteiger partial charge < -0.3 is 20.1 Å². The fraction of sp³-hybridized carbons (Fsp3) is 0.375. The Kier molecular flexibility index (Phi) is 6.01. The summed E-state index contributed by atoms with van der Waals surface area (Å²) in [5.41, 5.74) is 2.68. The van der Waals surface area contributed by atoms with Crippen molar-refractivity contribution in [3.8, 4) is 5.69 Å². The monoisotopic (exact) mass is 472 g/mol. The van der Waals surface area contributed by atoms with Gasteiger partial charge in [-0.15, -0.1) is 0 Å². The maximum absolute atomic E-state index is 13.6. The normalized spacial score (nSPS) is 22.7. The molecule has 0 saturated carbocycles. The van der Waals surface area contributed by atoms with Gasteiger partial charge in [-0.2, -0.15) is 0 Å². The SMILES string of the molecule is O=C1NC(O)C(O)N1CC(c1cn(-c2ccc(F)cc2)c2ccc(Cl)cc12)N1CCCCC1. The molecule has 3 atom stereocenters. The lowest BCUT2D eigenvalue weighted by Gasteiger charge is -2.37. The van der Waals surface area contributed by atoms with Crippen molar-refractivity contribution in [3.05, 3.63) is 65.1 Å². The Hall–Kier alpha value is -2.65. The van der Waals surface area contributed by atoms with Crippen LogP contribution in [0.15, 0.2) is 48.7 Å². The Morgan fingerprint density at radius 2 is 1.82 bits per heavy atom. The summed E-state index contributed by atoms with van der Waals surface area (Å²) in [7, 11) is 0. The Morgan fingerprint density at radius 3 is 2.48 bits per heavy atom. The highest BCUT2D eigenvalue weighted by atomic mass is 35.5. The van der Waals surface area contributed by atoms with Crippen LogP contribution >= 0.6 is 11.6 Å². The van der Waals surface area contributed by atoms with E-state index in [0.29, 0.717) is 5.02 Å². The van der Waals surface area contributed by atoms with Crippen molar-refractivity contribution >= 4 is 28.5 Å². The Bertz CT molecular complexity index is 1160. The summed E-state index contributed by atoms with van der Waals surface area (Å²) in [5.74, 6) is -0.308. The molecule has 7 nitrogen and oxygen atoms in total. The number of piperidine rings is 1. The maximum atomic E-state index is 13.6. The zero-order chi connectivity index (χ0) is 23.1. The van der Waals surface area contributed by atoms with Gasteiger partial charge in [0.25, 0.3) is 0 Å². The first-order chi connectivity index (χ1) is 15.9. The molecular formula is C24H26ClFN4O3. The fourth-order valence-electron chi connectivity index (χ4n) is 4.90. The van der Waals surface area contributed by atoms with Crippen LogP contribution in [-0.2, 0) is 0 Å². The Labute approximate surface area is 196 Å². The molecule has 0 spiro atoms. The van der Waals surface area contributed by atoms with Crippen molar-refractivity contribution in [2.45, 2.75) is 37.8 Å². The van der Waals surface area contributed by atoms with Crippen LogP contribution in [0.25, 0.3) is 16.6 Å². The van der Waals surface area contributed by atoms with Gasteiger partial charge in [-0.3, -0.25) is 9.80 Å². The van der Waals surface area contributed by atoms with E-state index >= 15 is 0 Å². The molecule has 3 heterocycles. The second-order valence-electron chi connectivity index (χ2n) is 8.67. The van der Waals surface area contributed by atoms with Crippen LogP contribution < -0.4 is 5.32 Å². The molecule has 1 aromatic heterocycles. The lowest BCUT2D eigenvalue weighted by Crippen LogP contribution is -2.44. The second kappa shape index (κ2) is 8.95. The average Bonchev–Trinajstić information content (AvgIpc) is 3.29. The first kappa shape index (κ1) is 22.2. The molecule has 3 N–H and O–H groups in total. The average molecular weight is 473 g/mol. The van der Waals surface area contributed by atoms with Crippen LogP contribution in [0, 0.1) is 5.82 Å². The van der Waals surface area contributed by atoms with Gasteiger partial charge in [0.2, 0.25) is 0 Å². The molecule has 9 heteroatoms. The molecule has 174 valence electrons. The molecule has 0 radical (unpaired) electrons. The smallest absolute Gasteiger partial charge is 0.321 e. The highest BCUT2D eigenvalue weighted by Gasteiger charge is 2.40. The summed E-state index contributed by atoms with van der Waals surface area (Å²) in [4.78, 5) is 16.0. The van der Waals surface area contributed by atoms with E-state index in [0.717, 1.165) is 54.5 Å². The summed E-state index contributed by atoms with van der Waals surface area (Å²) < 4.78 is 15.5. The van der Waals surface area contributed by atoms with Gasteiger partial charge in [0.05, 0.1) is 11.6 Å². The number of aliphatic hydroxyl groups excluding tert-OH is 2. The number of aliphatic hydroxyl groups is 2. The minimum atomic E-state index is -1.32. The van der Waals surface area contributed by atoms with Crippen LogP contribution in [0.3, 0.4) is 0 Å². The van der Waals surface area contributed by atoms with Crippen molar-refractivity contribution in [3.63, 3.8) is 0 Å². The van der Waals surface area contributed by atoms with Crippen molar-refractivity contribution in [1.82, 2.24) is 19.7 Å². The van der Waals surface area contributed by atoms with Crippen LogP contribution in [0.2, 0.25) is 5.02 Å². The molecule has 0 aliphatic carbocycles. The highest BCUT2D eigenvalue weighted by molar-refractivity contribution is 6.31. The predicted octanol–water partition coefficient (Wildman–Crippen LogP) is 3.61. The lowest BCUT2D eigenvalue weighted by atomic mass is 10.0. The fourth-order valence-corrected chi connectivity index (χ4v) is 5.07. The molecular weight excluding hydrogens is 447 g/mol. The molecule has 3 aromatic rings. The largest absolute Gasteiger partial charge is 0.369 e. The molecule has 2 fully saturated rings. The van der Waals surface area contributed by atoms with Crippen LogP contribution in [0.4, 0.5) is 9.18 Å². The summed E-state index contributed by atoms with van der Waals surface area (Å²) in [6.45, 7) is 1.93. The third kappa shape index (κ3) is 4.19. The number of carbonyl (C=O) groups is 1. The second-order valence-corrected chi connectivity index (χ2v) is 9.10. The van der Waals surface area contributed by atoms with E-state index in [1.807, 2.05) is 29.0 Å². The number of fused-ring (bicyclic) bond motifs is 1. The number of urea groups is 1. The van der Waals surface area contributed by atoms with E-state index in [1.165, 1.54) is 17.0 Å². The maximum Gasteiger partial charge on any atom is 0.321 e. The minimum Gasteiger partial charge on any atom is -0.369 e. The number of likely N-dealkylation sites (tertiary alicyclic amines) is 1. The van der Waals surface area contributed by atoms with Crippen molar-refractivity contribution < 1.29 is 19.4 Å². The number of rotatable bonds is 5. The standard InChI is InChI=1S/C24H26ClFN4O3/c25-15-4-9-20-18(12-15)19(13-29(20)17-7-5-16(26)6-8-17)21(28-10-2-1-3-11-28)14-30-23(32)22(31)27-24(30)33/h4-9,12-13,21-23,31-32H,1-3,10-11,14H2,(H,27,33). The van der Waals surface area contributed by atoms with Gasteiger partial charge in [0.1, 0.15) is 5.82 Å². The molecule has 2 aliphatic heterocycles. The number of amides is 2. The summed E-state index contributed by atoms with van der Waals surface area (Å²) >= 11 is 6.37. The number of carbonyl (C=O) groups excluding carboxylic acids is 1. The number of benzene rings is 2. The molecule has 2 aliphatic rings. The number of nitrogens with one attached hydrogen (secondary N) is 1. The summed E-state index contributed by atoms with van der Waals surface area (Å²) in [6.07, 6.45) is 2.60. The van der Waals surface area contributed by atoms with Crippen LogP contribution in [-0.4, -0.2) is 62.7 Å². The van der Waals surface area contributed by atoms with E-state index in [9.17, 15) is 19.4 Å². The van der Waals surface area contributed by atoms with E-state index in [4.69, 9.17) is 11.6 Å². The molecule has 2 saturated heterocycles. The number of halogens is 2. The highest BCUT2D eigenvalue weighted by Crippen LogP contribution is 2.36. The predicted molar refractivity (Wildman–Crippen MR) is 124 cm³/mol. The zero-order valence-corrected chi connectivity index (χ0v) is 18.7. The number of hydrogen-bond donors (Lipinski definition) is 3. The number of aromatic nitrogens is 1. The van der Waals surface area contributed by atoms with Gasteiger partial charge in [-0.1, -0.05) is 18.0 Å². The van der Waals surface area contributed by atoms with Crippen molar-refractivity contribution in [2.24, 2.45) is 0 Å². The molecule has 2 aromatic carbocycles. The third-order valence-corrected chi connectivity index (χ3v) is 6.83. The van der Waals surface area contributed by atoms with Gasteiger partial charge >= 0.3 is 6.03 Å². The van der Waals surface area contributed by atoms with Gasteiger partial charge in [-0.25, -0.2) is 9.18 Å². The van der Waals surface area contributed by atoms with Gasteiger partial charge in [-0.05, 0) is 74.0 Å². The number of nitrogens with zero attached hydrogens (tertiary/aromatic N) is 3. The van der Waals surface area contributed by atoms with Crippen molar-refractivity contribution in [1.29, 1.82) is 0 Å². The molecule has 0 bridgehead atoms. The lowest BCUT2D eigenvalue weighted by molar-refractivity contribution is -0.0421. The van der Waals surface area contributed by atoms with Crippen molar-refractivity contribution in [2.75, 3.05) is 19.6 Å². The van der Waals surface area contributed by atoms with E-state index in [-0.39, 0.29) is 18.4 Å². The molecule has 3 unspecified atom stereocenters. The topological polar surface area (TPSA) is 81.0 Å². The Balaban J connectivity index is 1.63. The summed E-state index contributed by atoms with van der Waals surface area (Å²) in [6, 6.07) is 11.2. The van der Waals surface area contributed by atoms with Gasteiger partial charge in [0.15, 0.2) is 12.5 Å². The molecule has 33 heavy (non-hydrogen) atoms.